The summed E-state index contributed by atoms with van der Waals surface area (Å²) in [6.07, 6.45) is -3.15. The third-order valence-electron chi connectivity index (χ3n) is 5.71. The molecule has 1 aliphatic heterocycles. The molecule has 1 saturated heterocycles. The van der Waals surface area contributed by atoms with Gasteiger partial charge < -0.3 is 39.7 Å². The van der Waals surface area contributed by atoms with Crippen molar-refractivity contribution in [1.29, 1.82) is 0 Å². The Morgan fingerprint density at radius 3 is 2.50 bits per heavy atom. The maximum atomic E-state index is 10.8. The Morgan fingerprint density at radius 2 is 1.80 bits per heavy atom. The molecule has 0 unspecified atom stereocenters. The number of aromatic hydroxyl groups is 1. The summed E-state index contributed by atoms with van der Waals surface area (Å²) in [4.78, 5) is 10.8. The molecule has 1 aromatic carbocycles. The van der Waals surface area contributed by atoms with Crippen LogP contribution >= 0.6 is 0 Å². The van der Waals surface area contributed by atoms with Crippen molar-refractivity contribution < 1.29 is 44.5 Å². The number of rotatable bonds is 7. The van der Waals surface area contributed by atoms with Gasteiger partial charge in [-0.3, -0.25) is 4.79 Å². The number of aryl methyl sites for hydroxylation is 1. The van der Waals surface area contributed by atoms with Gasteiger partial charge in [0.25, 0.3) is 0 Å². The fourth-order valence-electron chi connectivity index (χ4n) is 3.90. The summed E-state index contributed by atoms with van der Waals surface area (Å²) < 4.78 is 17.6. The third kappa shape index (κ3) is 5.41. The number of phenols is 1. The van der Waals surface area contributed by atoms with Crippen LogP contribution in [0.2, 0.25) is 0 Å². The maximum absolute atomic E-state index is 10.8. The molecule has 0 radical (unpaired) electrons. The minimum absolute atomic E-state index is 0.0142. The average molecular weight is 426 g/mol. The van der Waals surface area contributed by atoms with E-state index >= 15 is 0 Å². The summed E-state index contributed by atoms with van der Waals surface area (Å²) >= 11 is 0. The molecule has 2 aliphatic rings. The van der Waals surface area contributed by atoms with E-state index in [1.165, 1.54) is 6.07 Å². The van der Waals surface area contributed by atoms with E-state index in [0.29, 0.717) is 24.2 Å². The molecule has 0 spiro atoms. The molecule has 9 nitrogen and oxygen atoms in total. The summed E-state index contributed by atoms with van der Waals surface area (Å²) in [7, 11) is 0. The van der Waals surface area contributed by atoms with E-state index in [1.54, 1.807) is 19.1 Å². The van der Waals surface area contributed by atoms with Crippen LogP contribution < -0.4 is 4.74 Å². The largest absolute Gasteiger partial charge is 0.508 e. The number of carboxylic acid groups (broad SMARTS) is 1. The molecular weight excluding hydrogens is 396 g/mol. The summed E-state index contributed by atoms with van der Waals surface area (Å²) in [6.45, 7) is 1.60. The minimum atomic E-state index is -1.38. The molecule has 0 bridgehead atoms. The van der Waals surface area contributed by atoms with Crippen LogP contribution in [0, 0.1) is 0 Å². The van der Waals surface area contributed by atoms with E-state index in [1.807, 2.05) is 0 Å². The highest BCUT2D eigenvalue weighted by Crippen LogP contribution is 2.32. The Balaban J connectivity index is 1.67. The molecule has 1 aromatic rings. The molecule has 0 amide bonds. The molecule has 5 N–H and O–H groups in total. The molecule has 30 heavy (non-hydrogen) atoms. The topological polar surface area (TPSA) is 146 Å². The van der Waals surface area contributed by atoms with E-state index < -0.39 is 42.8 Å². The fourth-order valence-corrected chi connectivity index (χ4v) is 3.90. The van der Waals surface area contributed by atoms with Crippen molar-refractivity contribution in [3.05, 3.63) is 23.8 Å². The first-order chi connectivity index (χ1) is 14.3. The Kier molecular flexibility index (Phi) is 7.54. The van der Waals surface area contributed by atoms with Gasteiger partial charge in [-0.1, -0.05) is 6.42 Å². The predicted octanol–water partition coefficient (Wildman–Crippen LogP) is 0.943. The van der Waals surface area contributed by atoms with Gasteiger partial charge in [-0.25, -0.2) is 0 Å². The van der Waals surface area contributed by atoms with Crippen LogP contribution in [-0.4, -0.2) is 74.4 Å². The number of hydrogen-bond donors (Lipinski definition) is 5. The highest BCUT2D eigenvalue weighted by Gasteiger charge is 2.44. The van der Waals surface area contributed by atoms with Crippen molar-refractivity contribution in [2.75, 3.05) is 0 Å². The van der Waals surface area contributed by atoms with Gasteiger partial charge in [0.2, 0.25) is 0 Å². The molecular formula is C21H30O9. The highest BCUT2D eigenvalue weighted by atomic mass is 16.7. The van der Waals surface area contributed by atoms with Gasteiger partial charge in [-0.2, -0.15) is 0 Å². The lowest BCUT2D eigenvalue weighted by molar-refractivity contribution is -0.311. The van der Waals surface area contributed by atoms with Gasteiger partial charge in [-0.05, 0) is 56.4 Å². The Morgan fingerprint density at radius 1 is 1.10 bits per heavy atom. The maximum Gasteiger partial charge on any atom is 0.303 e. The Hall–Kier alpha value is -1.91. The van der Waals surface area contributed by atoms with E-state index in [4.69, 9.17) is 19.3 Å². The van der Waals surface area contributed by atoms with Crippen molar-refractivity contribution in [3.8, 4) is 11.5 Å². The Bertz CT molecular complexity index is 724. The number of benzene rings is 1. The van der Waals surface area contributed by atoms with Crippen LogP contribution in [-0.2, 0) is 20.7 Å². The molecule has 1 saturated carbocycles. The smallest absolute Gasteiger partial charge is 0.303 e. The van der Waals surface area contributed by atoms with Crippen molar-refractivity contribution >= 4 is 5.97 Å². The number of ether oxygens (including phenoxy) is 3. The monoisotopic (exact) mass is 426 g/mol. The molecule has 1 heterocycles. The van der Waals surface area contributed by atoms with Gasteiger partial charge in [0.05, 0.1) is 12.2 Å². The van der Waals surface area contributed by atoms with Gasteiger partial charge in [0, 0.05) is 6.42 Å². The van der Waals surface area contributed by atoms with Crippen LogP contribution in [0.1, 0.15) is 44.6 Å². The molecule has 9 heteroatoms. The first kappa shape index (κ1) is 22.8. The molecule has 0 aromatic heterocycles. The van der Waals surface area contributed by atoms with E-state index in [-0.39, 0.29) is 24.7 Å². The van der Waals surface area contributed by atoms with Crippen LogP contribution in [0.5, 0.6) is 11.5 Å². The first-order valence-electron chi connectivity index (χ1n) is 10.3. The van der Waals surface area contributed by atoms with E-state index in [0.717, 1.165) is 12.8 Å². The van der Waals surface area contributed by atoms with Crippen LogP contribution in [0.25, 0.3) is 0 Å². The zero-order chi connectivity index (χ0) is 21.8. The van der Waals surface area contributed by atoms with Crippen LogP contribution in [0.4, 0.5) is 0 Å². The minimum Gasteiger partial charge on any atom is -0.508 e. The summed E-state index contributed by atoms with van der Waals surface area (Å²) in [6, 6.07) is 4.70. The lowest BCUT2D eigenvalue weighted by atomic mass is 9.94. The fraction of sp³-hybridized carbons (Fsp3) is 0.667. The van der Waals surface area contributed by atoms with Crippen molar-refractivity contribution in [2.24, 2.45) is 0 Å². The number of aliphatic hydroxyl groups is 3. The number of aliphatic carboxylic acids is 1. The van der Waals surface area contributed by atoms with Crippen molar-refractivity contribution in [1.82, 2.24) is 0 Å². The molecule has 1 aliphatic carbocycles. The lowest BCUT2D eigenvalue weighted by Crippen LogP contribution is -2.58. The van der Waals surface area contributed by atoms with Crippen LogP contribution in [0.3, 0.4) is 0 Å². The van der Waals surface area contributed by atoms with Gasteiger partial charge >= 0.3 is 5.97 Å². The second-order valence-electron chi connectivity index (χ2n) is 7.98. The number of carbonyl (C=O) groups is 1. The molecule has 2 fully saturated rings. The lowest BCUT2D eigenvalue weighted by Gasteiger charge is -2.42. The van der Waals surface area contributed by atoms with Gasteiger partial charge in [0.15, 0.2) is 6.29 Å². The number of carboxylic acids is 1. The summed E-state index contributed by atoms with van der Waals surface area (Å²) in [5.41, 5.74) is 0.486. The first-order valence-corrected chi connectivity index (χ1v) is 10.3. The summed E-state index contributed by atoms with van der Waals surface area (Å²) in [5.74, 6) is -0.447. The molecule has 3 rings (SSSR count). The van der Waals surface area contributed by atoms with E-state index in [9.17, 15) is 25.2 Å². The quantitative estimate of drug-likeness (QED) is 0.430. The average Bonchev–Trinajstić information content (AvgIpc) is 2.72. The molecule has 7 atom stereocenters. The Labute approximate surface area is 174 Å². The van der Waals surface area contributed by atoms with Crippen molar-refractivity contribution in [2.45, 2.75) is 88.4 Å². The normalized spacial score (nSPS) is 34.5. The van der Waals surface area contributed by atoms with E-state index in [2.05, 4.69) is 0 Å². The second kappa shape index (κ2) is 9.93. The second-order valence-corrected chi connectivity index (χ2v) is 7.98. The SMILES string of the molecule is C[C@@H]1O[C@@H](O[C@H]2CCCC[C@@H]2Oc2ccc(O)c(CCC(=O)O)c2)[C@@H](O)[C@H](O)[C@@H]1O. The standard InChI is InChI=1S/C21H30O9/c1-11-18(25)19(26)20(27)21(28-11)30-16-5-3-2-4-15(16)29-13-7-8-14(22)12(10-13)6-9-17(23)24/h7-8,10-11,15-16,18-22,25-27H,2-6,9H2,1H3,(H,23,24)/t11-,15-,16-,18+,19+,20-,21-/m0/s1. The number of hydrogen-bond acceptors (Lipinski definition) is 8. The van der Waals surface area contributed by atoms with Gasteiger partial charge in [0.1, 0.15) is 35.9 Å². The predicted molar refractivity (Wildman–Crippen MR) is 104 cm³/mol. The molecule has 168 valence electrons. The highest BCUT2D eigenvalue weighted by molar-refractivity contribution is 5.67. The van der Waals surface area contributed by atoms with Crippen molar-refractivity contribution in [3.63, 3.8) is 0 Å². The zero-order valence-corrected chi connectivity index (χ0v) is 16.9. The van der Waals surface area contributed by atoms with Crippen LogP contribution in [0.15, 0.2) is 18.2 Å². The third-order valence-corrected chi connectivity index (χ3v) is 5.71. The van der Waals surface area contributed by atoms with Gasteiger partial charge in [-0.15, -0.1) is 0 Å². The number of aliphatic hydroxyl groups excluding tert-OH is 3. The zero-order valence-electron chi connectivity index (χ0n) is 16.9. The summed E-state index contributed by atoms with van der Waals surface area (Å²) in [5, 5.41) is 48.9. The number of phenolic OH excluding ortho intramolecular Hbond substituents is 1.